The summed E-state index contributed by atoms with van der Waals surface area (Å²) in [6, 6.07) is -0.914. The standard InChI is InChI=1S/C17H19F3N6O5/c1-30-16(29)8-2-23-12(6-22-8)24-3-10-15(28)14(27)9(7-31-10)25-13-5-21-4-11(26-13)17(18,19)20/h2,4-6,9-10,14-15,27-28H,3,7H2,1H3,(H,23,24)(H,25,26)/t9-,10+,14+,15-/m0/s1. The summed E-state index contributed by atoms with van der Waals surface area (Å²) < 4.78 is 48.3. The van der Waals surface area contributed by atoms with E-state index in [-0.39, 0.29) is 30.5 Å². The number of alkyl halides is 3. The highest BCUT2D eigenvalue weighted by Gasteiger charge is 2.39. The zero-order chi connectivity index (χ0) is 22.6. The average molecular weight is 444 g/mol. The van der Waals surface area contributed by atoms with E-state index in [1.807, 2.05) is 0 Å². The maximum atomic E-state index is 12.8. The molecule has 3 heterocycles. The Bertz CT molecular complexity index is 901. The number of nitrogens with zero attached hydrogens (tertiary/aromatic N) is 4. The summed E-state index contributed by atoms with van der Waals surface area (Å²) in [5.41, 5.74) is -1.17. The first kappa shape index (κ1) is 22.6. The Morgan fingerprint density at radius 3 is 2.61 bits per heavy atom. The molecule has 0 aliphatic carbocycles. The lowest BCUT2D eigenvalue weighted by atomic mass is 9.98. The summed E-state index contributed by atoms with van der Waals surface area (Å²) in [6.07, 6.45) is -4.09. The molecule has 0 unspecified atom stereocenters. The molecule has 4 atom stereocenters. The van der Waals surface area contributed by atoms with Gasteiger partial charge in [0.05, 0.1) is 44.5 Å². The lowest BCUT2D eigenvalue weighted by Crippen LogP contribution is -2.57. The highest BCUT2D eigenvalue weighted by molar-refractivity contribution is 5.86. The van der Waals surface area contributed by atoms with Crippen molar-refractivity contribution in [2.75, 3.05) is 30.9 Å². The molecule has 168 valence electrons. The predicted molar refractivity (Wildman–Crippen MR) is 98.1 cm³/mol. The van der Waals surface area contributed by atoms with Crippen LogP contribution in [0.2, 0.25) is 0 Å². The number of hydrogen-bond acceptors (Lipinski definition) is 11. The lowest BCUT2D eigenvalue weighted by molar-refractivity contribution is -0.141. The van der Waals surface area contributed by atoms with Crippen LogP contribution in [0.15, 0.2) is 24.8 Å². The molecule has 0 aromatic carbocycles. The molecule has 4 N–H and O–H groups in total. The number of aromatic nitrogens is 4. The topological polar surface area (TPSA) is 152 Å². The van der Waals surface area contributed by atoms with Gasteiger partial charge in [-0.1, -0.05) is 0 Å². The largest absolute Gasteiger partial charge is 0.464 e. The Morgan fingerprint density at radius 2 is 1.97 bits per heavy atom. The number of hydrogen-bond donors (Lipinski definition) is 4. The number of esters is 1. The molecule has 0 saturated carbocycles. The van der Waals surface area contributed by atoms with Crippen molar-refractivity contribution >= 4 is 17.6 Å². The molecular weight excluding hydrogens is 425 g/mol. The van der Waals surface area contributed by atoms with Gasteiger partial charge in [0.2, 0.25) is 0 Å². The summed E-state index contributed by atoms with van der Waals surface area (Å²) in [6.45, 7) is -0.0734. The molecule has 0 spiro atoms. The third-order valence-electron chi connectivity index (χ3n) is 4.42. The molecule has 2 aromatic rings. The molecule has 1 fully saturated rings. The second kappa shape index (κ2) is 9.36. The van der Waals surface area contributed by atoms with Crippen molar-refractivity contribution in [3.63, 3.8) is 0 Å². The minimum atomic E-state index is -4.67. The molecule has 3 rings (SSSR count). The zero-order valence-electron chi connectivity index (χ0n) is 16.1. The predicted octanol–water partition coefficient (Wildman–Crippen LogP) is 0.0852. The molecule has 14 heteroatoms. The van der Waals surface area contributed by atoms with Gasteiger partial charge in [0.25, 0.3) is 0 Å². The number of methoxy groups -OCH3 is 1. The van der Waals surface area contributed by atoms with Gasteiger partial charge in [-0.05, 0) is 0 Å². The first-order chi connectivity index (χ1) is 14.7. The molecule has 1 aliphatic heterocycles. The van der Waals surface area contributed by atoms with E-state index in [9.17, 15) is 28.2 Å². The molecule has 0 radical (unpaired) electrons. The van der Waals surface area contributed by atoms with Crippen LogP contribution in [0, 0.1) is 0 Å². The number of ether oxygens (including phenoxy) is 2. The number of aliphatic hydroxyl groups is 2. The summed E-state index contributed by atoms with van der Waals surface area (Å²) in [5, 5.41) is 26.1. The first-order valence-corrected chi connectivity index (χ1v) is 8.96. The third-order valence-corrected chi connectivity index (χ3v) is 4.42. The molecule has 0 amide bonds. The van der Waals surface area contributed by atoms with Gasteiger partial charge >= 0.3 is 12.1 Å². The minimum Gasteiger partial charge on any atom is -0.464 e. The smallest absolute Gasteiger partial charge is 0.434 e. The van der Waals surface area contributed by atoms with Gasteiger partial charge in [0.15, 0.2) is 11.4 Å². The van der Waals surface area contributed by atoms with E-state index in [0.29, 0.717) is 6.20 Å². The van der Waals surface area contributed by atoms with Gasteiger partial charge in [-0.15, -0.1) is 0 Å². The van der Waals surface area contributed by atoms with E-state index in [1.165, 1.54) is 19.5 Å². The van der Waals surface area contributed by atoms with Gasteiger partial charge in [-0.3, -0.25) is 4.98 Å². The quantitative estimate of drug-likeness (QED) is 0.449. The van der Waals surface area contributed by atoms with E-state index >= 15 is 0 Å². The highest BCUT2D eigenvalue weighted by atomic mass is 19.4. The Morgan fingerprint density at radius 1 is 1.19 bits per heavy atom. The van der Waals surface area contributed by atoms with Crippen LogP contribution in [0.5, 0.6) is 0 Å². The van der Waals surface area contributed by atoms with Crippen LogP contribution in [0.25, 0.3) is 0 Å². The van der Waals surface area contributed by atoms with E-state index in [4.69, 9.17) is 4.74 Å². The van der Waals surface area contributed by atoms with Crippen molar-refractivity contribution in [3.05, 3.63) is 36.2 Å². The van der Waals surface area contributed by atoms with Crippen molar-refractivity contribution in [3.8, 4) is 0 Å². The van der Waals surface area contributed by atoms with Gasteiger partial charge < -0.3 is 30.3 Å². The maximum Gasteiger partial charge on any atom is 0.434 e. The number of rotatable bonds is 6. The van der Waals surface area contributed by atoms with Gasteiger partial charge in [0.1, 0.15) is 29.9 Å². The van der Waals surface area contributed by atoms with Crippen molar-refractivity contribution < 1.29 is 37.7 Å². The fourth-order valence-electron chi connectivity index (χ4n) is 2.79. The molecule has 11 nitrogen and oxygen atoms in total. The molecule has 1 aliphatic rings. The van der Waals surface area contributed by atoms with Crippen molar-refractivity contribution in [2.45, 2.75) is 30.5 Å². The molecular formula is C17H19F3N6O5. The molecule has 1 saturated heterocycles. The van der Waals surface area contributed by atoms with Crippen LogP contribution >= 0.6 is 0 Å². The lowest BCUT2D eigenvalue weighted by Gasteiger charge is -2.38. The van der Waals surface area contributed by atoms with Crippen LogP contribution in [0.1, 0.15) is 16.2 Å². The fourth-order valence-corrected chi connectivity index (χ4v) is 2.79. The second-order valence-corrected chi connectivity index (χ2v) is 6.55. The van der Waals surface area contributed by atoms with Crippen LogP contribution in [-0.2, 0) is 15.7 Å². The summed E-state index contributed by atoms with van der Waals surface area (Å²) in [7, 11) is 1.21. The minimum absolute atomic E-state index is 0.0176. The Labute approximate surface area is 173 Å². The van der Waals surface area contributed by atoms with Crippen LogP contribution in [0.3, 0.4) is 0 Å². The van der Waals surface area contributed by atoms with Gasteiger partial charge in [0, 0.05) is 6.54 Å². The van der Waals surface area contributed by atoms with E-state index < -0.39 is 42.2 Å². The van der Waals surface area contributed by atoms with Gasteiger partial charge in [-0.25, -0.2) is 19.7 Å². The van der Waals surface area contributed by atoms with Crippen molar-refractivity contribution in [1.29, 1.82) is 0 Å². The second-order valence-electron chi connectivity index (χ2n) is 6.55. The van der Waals surface area contributed by atoms with E-state index in [2.05, 4.69) is 35.3 Å². The summed E-state index contributed by atoms with van der Waals surface area (Å²) in [4.78, 5) is 26.1. The number of anilines is 2. The molecule has 2 aromatic heterocycles. The third kappa shape index (κ3) is 5.53. The van der Waals surface area contributed by atoms with Crippen molar-refractivity contribution in [2.24, 2.45) is 0 Å². The van der Waals surface area contributed by atoms with Gasteiger partial charge in [-0.2, -0.15) is 13.2 Å². The van der Waals surface area contributed by atoms with Crippen LogP contribution in [-0.4, -0.2) is 80.7 Å². The number of halogens is 3. The SMILES string of the molecule is COC(=O)c1cnc(NC[C@H]2OC[C@H](Nc3cncc(C(F)(F)F)n3)[C@@H](O)[C@H]2O)cn1. The molecule has 0 bridgehead atoms. The van der Waals surface area contributed by atoms with Crippen LogP contribution < -0.4 is 10.6 Å². The average Bonchev–Trinajstić information content (AvgIpc) is 2.76. The van der Waals surface area contributed by atoms with Crippen LogP contribution in [0.4, 0.5) is 24.8 Å². The number of nitrogens with one attached hydrogen (secondary N) is 2. The fraction of sp³-hybridized carbons (Fsp3) is 0.471. The van der Waals surface area contributed by atoms with E-state index in [1.54, 1.807) is 0 Å². The summed E-state index contributed by atoms with van der Waals surface area (Å²) >= 11 is 0. The van der Waals surface area contributed by atoms with Crippen molar-refractivity contribution in [1.82, 2.24) is 19.9 Å². The molecule has 31 heavy (non-hydrogen) atoms. The maximum absolute atomic E-state index is 12.8. The Balaban J connectivity index is 1.56. The van der Waals surface area contributed by atoms with E-state index in [0.717, 1.165) is 6.20 Å². The number of carbonyl (C=O) groups is 1. The normalized spacial score (nSPS) is 23.8. The summed E-state index contributed by atoms with van der Waals surface area (Å²) in [5.74, 6) is -0.568. The Hall–Kier alpha value is -3.10. The number of aliphatic hydroxyl groups excluding tert-OH is 2. The monoisotopic (exact) mass is 444 g/mol. The highest BCUT2D eigenvalue weighted by Crippen LogP contribution is 2.28. The first-order valence-electron chi connectivity index (χ1n) is 8.96. The number of carbonyl (C=O) groups excluding carboxylic acids is 1. The zero-order valence-corrected chi connectivity index (χ0v) is 16.1. The Kier molecular flexibility index (Phi) is 6.82.